The summed E-state index contributed by atoms with van der Waals surface area (Å²) in [4.78, 5) is 17.0. The molecule has 0 saturated carbocycles. The molecule has 6 heteroatoms. The predicted octanol–water partition coefficient (Wildman–Crippen LogP) is 1.27. The van der Waals surface area contributed by atoms with Crippen LogP contribution < -0.4 is 14.8 Å². The van der Waals surface area contributed by atoms with Crippen molar-refractivity contribution in [3.8, 4) is 11.5 Å². The van der Waals surface area contributed by atoms with E-state index in [1.807, 2.05) is 24.1 Å². The zero-order valence-electron chi connectivity index (χ0n) is 15.5. The fourth-order valence-corrected chi connectivity index (χ4v) is 3.82. The van der Waals surface area contributed by atoms with Gasteiger partial charge in [0, 0.05) is 25.7 Å². The number of likely N-dealkylation sites (N-methyl/N-ethyl adjacent to an activating group) is 1. The van der Waals surface area contributed by atoms with Gasteiger partial charge in [0.1, 0.15) is 0 Å². The lowest BCUT2D eigenvalue weighted by molar-refractivity contribution is -0.133. The number of rotatable bonds is 5. The third kappa shape index (κ3) is 4.07. The minimum absolute atomic E-state index is 0.220. The van der Waals surface area contributed by atoms with Gasteiger partial charge in [-0.15, -0.1) is 0 Å². The highest BCUT2D eigenvalue weighted by molar-refractivity contribution is 5.78. The van der Waals surface area contributed by atoms with Crippen molar-refractivity contribution in [3.63, 3.8) is 0 Å². The van der Waals surface area contributed by atoms with Crippen LogP contribution in [0.4, 0.5) is 0 Å². The van der Waals surface area contributed by atoms with Crippen molar-refractivity contribution in [1.29, 1.82) is 0 Å². The number of methoxy groups -OCH3 is 2. The molecule has 6 nitrogen and oxygen atoms in total. The second-order valence-electron chi connectivity index (χ2n) is 6.90. The van der Waals surface area contributed by atoms with E-state index < -0.39 is 0 Å². The molecule has 1 N–H and O–H groups in total. The first kappa shape index (κ1) is 18.0. The number of carbonyl (C=O) groups is 1. The van der Waals surface area contributed by atoms with Crippen LogP contribution in [0, 0.1) is 0 Å². The summed E-state index contributed by atoms with van der Waals surface area (Å²) in [6.45, 7) is 3.90. The summed E-state index contributed by atoms with van der Waals surface area (Å²) < 4.78 is 10.8. The molecule has 2 heterocycles. The van der Waals surface area contributed by atoms with Crippen LogP contribution in [-0.2, 0) is 17.8 Å². The summed E-state index contributed by atoms with van der Waals surface area (Å²) in [5.74, 6) is 1.70. The molecule has 138 valence electrons. The summed E-state index contributed by atoms with van der Waals surface area (Å²) in [5.41, 5.74) is 2.40. The van der Waals surface area contributed by atoms with E-state index in [9.17, 15) is 4.79 Å². The van der Waals surface area contributed by atoms with E-state index in [-0.39, 0.29) is 5.91 Å². The van der Waals surface area contributed by atoms with Gasteiger partial charge in [0.15, 0.2) is 11.5 Å². The summed E-state index contributed by atoms with van der Waals surface area (Å²) >= 11 is 0. The number of benzene rings is 1. The van der Waals surface area contributed by atoms with E-state index >= 15 is 0 Å². The minimum atomic E-state index is 0.220. The molecule has 1 amide bonds. The molecule has 1 saturated heterocycles. The number of nitrogens with zero attached hydrogens (tertiary/aromatic N) is 2. The molecule has 2 aliphatic rings. The van der Waals surface area contributed by atoms with Gasteiger partial charge < -0.3 is 19.7 Å². The number of likely N-dealkylation sites (tertiary alicyclic amines) is 1. The molecular formula is C19H29N3O3. The first-order valence-corrected chi connectivity index (χ1v) is 9.05. The Hall–Kier alpha value is -1.79. The predicted molar refractivity (Wildman–Crippen MR) is 97.2 cm³/mol. The number of piperidine rings is 1. The second-order valence-corrected chi connectivity index (χ2v) is 6.90. The van der Waals surface area contributed by atoms with Gasteiger partial charge in [-0.05, 0) is 56.1 Å². The van der Waals surface area contributed by atoms with E-state index in [0.717, 1.165) is 49.5 Å². The molecule has 1 unspecified atom stereocenters. The number of amides is 1. The number of hydrogen-bond acceptors (Lipinski definition) is 5. The van der Waals surface area contributed by atoms with Crippen LogP contribution in [0.1, 0.15) is 24.0 Å². The lowest BCUT2D eigenvalue weighted by Crippen LogP contribution is -2.49. The molecule has 0 radical (unpaired) electrons. The van der Waals surface area contributed by atoms with Gasteiger partial charge in [0.2, 0.25) is 5.91 Å². The average Bonchev–Trinajstić information content (AvgIpc) is 2.66. The van der Waals surface area contributed by atoms with Crippen molar-refractivity contribution >= 4 is 5.91 Å². The summed E-state index contributed by atoms with van der Waals surface area (Å²) in [5, 5.41) is 3.33. The number of ether oxygens (including phenoxy) is 2. The van der Waals surface area contributed by atoms with Gasteiger partial charge in [-0.2, -0.15) is 0 Å². The highest BCUT2D eigenvalue weighted by Crippen LogP contribution is 2.33. The highest BCUT2D eigenvalue weighted by atomic mass is 16.5. The zero-order chi connectivity index (χ0) is 17.8. The second kappa shape index (κ2) is 8.06. The van der Waals surface area contributed by atoms with Crippen LogP contribution in [0.25, 0.3) is 0 Å². The van der Waals surface area contributed by atoms with Gasteiger partial charge in [-0.25, -0.2) is 0 Å². The topological polar surface area (TPSA) is 54.0 Å². The first-order chi connectivity index (χ1) is 12.1. The quantitative estimate of drug-likeness (QED) is 0.869. The van der Waals surface area contributed by atoms with Crippen molar-refractivity contribution in [2.45, 2.75) is 31.8 Å². The summed E-state index contributed by atoms with van der Waals surface area (Å²) in [7, 11) is 5.30. The Morgan fingerprint density at radius 1 is 1.20 bits per heavy atom. The molecule has 1 atom stereocenters. The van der Waals surface area contributed by atoms with Crippen molar-refractivity contribution in [2.24, 2.45) is 0 Å². The number of carbonyl (C=O) groups excluding carboxylic acids is 1. The Morgan fingerprint density at radius 2 is 1.92 bits per heavy atom. The lowest BCUT2D eigenvalue weighted by atomic mass is 9.98. The number of hydrogen-bond donors (Lipinski definition) is 1. The highest BCUT2D eigenvalue weighted by Gasteiger charge is 2.26. The largest absolute Gasteiger partial charge is 0.493 e. The van der Waals surface area contributed by atoms with Crippen molar-refractivity contribution < 1.29 is 14.3 Å². The third-order valence-corrected chi connectivity index (χ3v) is 5.34. The molecule has 3 rings (SSSR count). The lowest BCUT2D eigenvalue weighted by Gasteiger charge is -2.35. The Labute approximate surface area is 150 Å². The standard InChI is InChI=1S/C19H29N3O3/c1-20-16-5-4-7-21(12-16)13-19(23)22-8-6-14-9-17(24-2)18(25-3)10-15(14)11-22/h9-10,16,20H,4-8,11-13H2,1-3H3. The molecule has 2 aliphatic heterocycles. The van der Waals surface area contributed by atoms with Gasteiger partial charge in [-0.3, -0.25) is 9.69 Å². The van der Waals surface area contributed by atoms with E-state index in [4.69, 9.17) is 9.47 Å². The van der Waals surface area contributed by atoms with Crippen LogP contribution in [0.2, 0.25) is 0 Å². The van der Waals surface area contributed by atoms with Crippen LogP contribution >= 0.6 is 0 Å². The van der Waals surface area contributed by atoms with E-state index in [1.165, 1.54) is 12.0 Å². The smallest absolute Gasteiger partial charge is 0.237 e. The number of nitrogens with one attached hydrogen (secondary N) is 1. The molecule has 0 aliphatic carbocycles. The minimum Gasteiger partial charge on any atom is -0.493 e. The van der Waals surface area contributed by atoms with Crippen molar-refractivity contribution in [2.75, 3.05) is 47.4 Å². The van der Waals surface area contributed by atoms with E-state index in [2.05, 4.69) is 10.2 Å². The maximum absolute atomic E-state index is 12.8. The maximum Gasteiger partial charge on any atom is 0.237 e. The number of fused-ring (bicyclic) bond motifs is 1. The molecule has 0 bridgehead atoms. The Bertz CT molecular complexity index is 620. The van der Waals surface area contributed by atoms with Crippen molar-refractivity contribution in [3.05, 3.63) is 23.3 Å². The fourth-order valence-electron chi connectivity index (χ4n) is 3.82. The van der Waals surface area contributed by atoms with Crippen LogP contribution in [0.15, 0.2) is 12.1 Å². The third-order valence-electron chi connectivity index (χ3n) is 5.34. The molecule has 0 aromatic heterocycles. The molecule has 25 heavy (non-hydrogen) atoms. The monoisotopic (exact) mass is 347 g/mol. The normalized spacial score (nSPS) is 20.9. The molecule has 1 fully saturated rings. The first-order valence-electron chi connectivity index (χ1n) is 9.05. The van der Waals surface area contributed by atoms with Gasteiger partial charge in [0.25, 0.3) is 0 Å². The molecular weight excluding hydrogens is 318 g/mol. The van der Waals surface area contributed by atoms with Gasteiger partial charge in [0.05, 0.1) is 20.8 Å². The van der Waals surface area contributed by atoms with Crippen LogP contribution in [0.5, 0.6) is 11.5 Å². The SMILES string of the molecule is CNC1CCCN(CC(=O)N2CCc3cc(OC)c(OC)cc3C2)C1. The van der Waals surface area contributed by atoms with Gasteiger partial charge in [-0.1, -0.05) is 0 Å². The average molecular weight is 347 g/mol. The summed E-state index contributed by atoms with van der Waals surface area (Å²) in [6, 6.07) is 4.55. The summed E-state index contributed by atoms with van der Waals surface area (Å²) in [6.07, 6.45) is 3.21. The Balaban J connectivity index is 1.64. The Kier molecular flexibility index (Phi) is 5.81. The molecule has 0 spiro atoms. The van der Waals surface area contributed by atoms with Crippen molar-refractivity contribution in [1.82, 2.24) is 15.1 Å². The van der Waals surface area contributed by atoms with Crippen LogP contribution in [0.3, 0.4) is 0 Å². The maximum atomic E-state index is 12.8. The molecule has 1 aromatic carbocycles. The molecule has 1 aromatic rings. The van der Waals surface area contributed by atoms with Gasteiger partial charge >= 0.3 is 0 Å². The van der Waals surface area contributed by atoms with E-state index in [0.29, 0.717) is 19.1 Å². The fraction of sp³-hybridized carbons (Fsp3) is 0.632. The Morgan fingerprint density at radius 3 is 2.60 bits per heavy atom. The zero-order valence-corrected chi connectivity index (χ0v) is 15.5. The van der Waals surface area contributed by atoms with Crippen LogP contribution in [-0.4, -0.2) is 69.2 Å². The van der Waals surface area contributed by atoms with E-state index in [1.54, 1.807) is 14.2 Å².